The zero-order valence-electron chi connectivity index (χ0n) is 19.8. The fourth-order valence-corrected chi connectivity index (χ4v) is 4.09. The minimum atomic E-state index is -1.10. The van der Waals surface area contributed by atoms with E-state index in [1.54, 1.807) is 17.0 Å². The molecule has 0 saturated carbocycles. The lowest BCUT2D eigenvalue weighted by molar-refractivity contribution is -0.120. The van der Waals surface area contributed by atoms with Crippen molar-refractivity contribution in [3.05, 3.63) is 77.9 Å². The van der Waals surface area contributed by atoms with Crippen LogP contribution in [0.25, 0.3) is 16.8 Å². The van der Waals surface area contributed by atoms with E-state index in [0.29, 0.717) is 30.9 Å². The molecule has 0 saturated heterocycles. The molecule has 0 aliphatic carbocycles. The summed E-state index contributed by atoms with van der Waals surface area (Å²) >= 11 is 0. The van der Waals surface area contributed by atoms with E-state index in [1.807, 2.05) is 56.3 Å². The minimum absolute atomic E-state index is 0.0532. The first-order valence-corrected chi connectivity index (χ1v) is 11.6. The van der Waals surface area contributed by atoms with Crippen LogP contribution in [-0.2, 0) is 14.3 Å². The lowest BCUT2D eigenvalue weighted by Gasteiger charge is -2.36. The van der Waals surface area contributed by atoms with Gasteiger partial charge in [0.15, 0.2) is 0 Å². The number of carbonyl (C=O) groups excluding carboxylic acids is 2. The molecule has 1 aliphatic rings. The van der Waals surface area contributed by atoms with E-state index >= 15 is 0 Å². The number of benzene rings is 3. The first-order chi connectivity index (χ1) is 16.8. The molecule has 3 aromatic carbocycles. The molecule has 4 rings (SSSR count). The van der Waals surface area contributed by atoms with Gasteiger partial charge in [-0.1, -0.05) is 36.4 Å². The molecule has 0 spiro atoms. The second-order valence-electron chi connectivity index (χ2n) is 8.69. The number of hydrogen-bond acceptors (Lipinski definition) is 4. The molecule has 3 aromatic rings. The minimum Gasteiger partial charge on any atom is -0.478 e. The number of carboxylic acid groups (broad SMARTS) is 1. The van der Waals surface area contributed by atoms with E-state index in [2.05, 4.69) is 0 Å². The third-order valence-corrected chi connectivity index (χ3v) is 5.83. The van der Waals surface area contributed by atoms with E-state index in [1.165, 1.54) is 23.1 Å². The van der Waals surface area contributed by atoms with Gasteiger partial charge in [-0.05, 0) is 66.9 Å². The summed E-state index contributed by atoms with van der Waals surface area (Å²) in [6.07, 6.45) is 3.84. The largest absolute Gasteiger partial charge is 0.478 e. The SMILES string of the molecule is CC(C)OCCCN1C(=O)CN(C(=O)/C=C/c2ccc3ccccc3c2)c2cc(C(=O)O)ccc21. The molecule has 7 nitrogen and oxygen atoms in total. The summed E-state index contributed by atoms with van der Waals surface area (Å²) in [6, 6.07) is 18.3. The molecule has 1 aliphatic heterocycles. The molecule has 2 amide bonds. The highest BCUT2D eigenvalue weighted by Crippen LogP contribution is 2.35. The number of fused-ring (bicyclic) bond motifs is 2. The molecular formula is C28H28N2O5. The maximum atomic E-state index is 13.2. The molecule has 0 bridgehead atoms. The summed E-state index contributed by atoms with van der Waals surface area (Å²) in [7, 11) is 0. The number of aromatic carboxylic acids is 1. The molecule has 0 fully saturated rings. The smallest absolute Gasteiger partial charge is 0.335 e. The average molecular weight is 473 g/mol. The van der Waals surface area contributed by atoms with Crippen LogP contribution in [-0.4, -0.2) is 48.7 Å². The monoisotopic (exact) mass is 472 g/mol. The van der Waals surface area contributed by atoms with Gasteiger partial charge in [0.05, 0.1) is 23.0 Å². The van der Waals surface area contributed by atoms with Crippen molar-refractivity contribution >= 4 is 46.0 Å². The standard InChI is InChI=1S/C28H28N2O5/c1-19(2)35-15-5-14-29-24-12-11-23(28(33)34)17-25(24)30(18-27(29)32)26(31)13-9-20-8-10-21-6-3-4-7-22(21)16-20/h3-4,6-13,16-17,19H,5,14-15,18H2,1-2H3,(H,33,34)/b13-9+. The first kappa shape index (κ1) is 24.2. The first-order valence-electron chi connectivity index (χ1n) is 11.6. The third-order valence-electron chi connectivity index (χ3n) is 5.83. The van der Waals surface area contributed by atoms with Crippen LogP contribution < -0.4 is 9.80 Å². The summed E-state index contributed by atoms with van der Waals surface area (Å²) < 4.78 is 5.58. The lowest BCUT2D eigenvalue weighted by atomic mass is 10.1. The van der Waals surface area contributed by atoms with Crippen molar-refractivity contribution in [1.82, 2.24) is 0 Å². The average Bonchev–Trinajstić information content (AvgIpc) is 2.85. The van der Waals surface area contributed by atoms with E-state index in [-0.39, 0.29) is 24.1 Å². The van der Waals surface area contributed by atoms with E-state index in [4.69, 9.17) is 4.74 Å². The van der Waals surface area contributed by atoms with Crippen molar-refractivity contribution in [2.24, 2.45) is 0 Å². The molecule has 1 N–H and O–H groups in total. The highest BCUT2D eigenvalue weighted by molar-refractivity contribution is 6.15. The van der Waals surface area contributed by atoms with Gasteiger partial charge in [-0.15, -0.1) is 0 Å². The molecule has 0 unspecified atom stereocenters. The highest BCUT2D eigenvalue weighted by atomic mass is 16.5. The van der Waals surface area contributed by atoms with Crippen molar-refractivity contribution in [3.8, 4) is 0 Å². The summed E-state index contributed by atoms with van der Waals surface area (Å²) in [4.78, 5) is 40.7. The van der Waals surface area contributed by atoms with Gasteiger partial charge in [0, 0.05) is 19.2 Å². The van der Waals surface area contributed by atoms with Crippen molar-refractivity contribution in [2.45, 2.75) is 26.4 Å². The predicted molar refractivity (Wildman–Crippen MR) is 137 cm³/mol. The number of amides is 2. The van der Waals surface area contributed by atoms with Crippen LogP contribution in [0.1, 0.15) is 36.2 Å². The molecular weight excluding hydrogens is 444 g/mol. The number of nitrogens with zero attached hydrogens (tertiary/aromatic N) is 2. The second kappa shape index (κ2) is 10.5. The van der Waals surface area contributed by atoms with Gasteiger partial charge in [-0.2, -0.15) is 0 Å². The molecule has 180 valence electrons. The van der Waals surface area contributed by atoms with Crippen LogP contribution in [0.15, 0.2) is 66.7 Å². The van der Waals surface area contributed by atoms with Crippen molar-refractivity contribution < 1.29 is 24.2 Å². The Labute approximate surface area is 204 Å². The molecule has 7 heteroatoms. The summed E-state index contributed by atoms with van der Waals surface area (Å²) in [5, 5.41) is 11.6. The molecule has 0 aromatic heterocycles. The number of carbonyl (C=O) groups is 3. The van der Waals surface area contributed by atoms with Crippen molar-refractivity contribution in [2.75, 3.05) is 29.5 Å². The third kappa shape index (κ3) is 5.58. The normalized spacial score (nSPS) is 13.6. The maximum absolute atomic E-state index is 13.2. The Kier molecular flexibility index (Phi) is 7.27. The van der Waals surface area contributed by atoms with Gasteiger partial charge >= 0.3 is 5.97 Å². The van der Waals surface area contributed by atoms with Crippen LogP contribution in [0.2, 0.25) is 0 Å². The fourth-order valence-electron chi connectivity index (χ4n) is 4.09. The summed E-state index contributed by atoms with van der Waals surface area (Å²) in [5.74, 6) is -1.71. The molecule has 0 atom stereocenters. The zero-order valence-corrected chi connectivity index (χ0v) is 19.8. The van der Waals surface area contributed by atoms with Gasteiger partial charge in [-0.3, -0.25) is 14.5 Å². The Hall–Kier alpha value is -3.97. The Morgan fingerprint density at radius 2 is 1.80 bits per heavy atom. The lowest BCUT2D eigenvalue weighted by Crippen LogP contribution is -2.48. The van der Waals surface area contributed by atoms with Crippen molar-refractivity contribution in [1.29, 1.82) is 0 Å². The van der Waals surface area contributed by atoms with Gasteiger partial charge in [0.1, 0.15) is 6.54 Å². The number of anilines is 2. The van der Waals surface area contributed by atoms with Gasteiger partial charge in [-0.25, -0.2) is 4.79 Å². The van der Waals surface area contributed by atoms with Gasteiger partial charge in [0.2, 0.25) is 5.91 Å². The Bertz CT molecular complexity index is 1300. The van der Waals surface area contributed by atoms with E-state index < -0.39 is 11.9 Å². The van der Waals surface area contributed by atoms with Crippen LogP contribution in [0.5, 0.6) is 0 Å². The van der Waals surface area contributed by atoms with E-state index in [9.17, 15) is 19.5 Å². The summed E-state index contributed by atoms with van der Waals surface area (Å²) in [6.45, 7) is 4.65. The Morgan fingerprint density at radius 3 is 2.54 bits per heavy atom. The summed E-state index contributed by atoms with van der Waals surface area (Å²) in [5.41, 5.74) is 1.83. The fraction of sp³-hybridized carbons (Fsp3) is 0.250. The van der Waals surface area contributed by atoms with Gasteiger partial charge in [0.25, 0.3) is 5.91 Å². The molecule has 0 radical (unpaired) electrons. The van der Waals surface area contributed by atoms with Crippen LogP contribution >= 0.6 is 0 Å². The number of rotatable bonds is 8. The number of hydrogen-bond donors (Lipinski definition) is 1. The van der Waals surface area contributed by atoms with Crippen molar-refractivity contribution in [3.63, 3.8) is 0 Å². The number of ether oxygens (including phenoxy) is 1. The highest BCUT2D eigenvalue weighted by Gasteiger charge is 2.32. The topological polar surface area (TPSA) is 87.2 Å². The Morgan fingerprint density at radius 1 is 1.03 bits per heavy atom. The van der Waals surface area contributed by atoms with Crippen LogP contribution in [0.4, 0.5) is 11.4 Å². The maximum Gasteiger partial charge on any atom is 0.335 e. The predicted octanol–water partition coefficient (Wildman–Crippen LogP) is 4.75. The van der Waals surface area contributed by atoms with Gasteiger partial charge < -0.3 is 14.7 Å². The molecule has 35 heavy (non-hydrogen) atoms. The number of carboxylic acids is 1. The van der Waals surface area contributed by atoms with E-state index in [0.717, 1.165) is 16.3 Å². The Balaban J connectivity index is 1.59. The van der Waals surface area contributed by atoms with Crippen LogP contribution in [0.3, 0.4) is 0 Å². The second-order valence-corrected chi connectivity index (χ2v) is 8.69. The quantitative estimate of drug-likeness (QED) is 0.378. The van der Waals surface area contributed by atoms with Crippen LogP contribution in [0, 0.1) is 0 Å². The molecule has 1 heterocycles. The zero-order chi connectivity index (χ0) is 24.9.